The molecule has 120 valence electrons. The molecule has 0 aliphatic carbocycles. The fourth-order valence-electron chi connectivity index (χ4n) is 3.01. The van der Waals surface area contributed by atoms with Gasteiger partial charge in [-0.15, -0.1) is 11.8 Å². The largest absolute Gasteiger partial charge is 0.472 e. The maximum Gasteiger partial charge on any atom is 0.257 e. The summed E-state index contributed by atoms with van der Waals surface area (Å²) in [4.78, 5) is 28.1. The molecular formula is C18H19NO3S. The van der Waals surface area contributed by atoms with Crippen LogP contribution in [0, 0.1) is 5.92 Å². The van der Waals surface area contributed by atoms with Crippen LogP contribution in [0.2, 0.25) is 0 Å². The monoisotopic (exact) mass is 329 g/mol. The molecular weight excluding hydrogens is 310 g/mol. The summed E-state index contributed by atoms with van der Waals surface area (Å²) in [6.45, 7) is 1.17. The molecule has 2 heterocycles. The highest BCUT2D eigenvalue weighted by Crippen LogP contribution is 2.27. The number of hydrogen-bond donors (Lipinski definition) is 0. The van der Waals surface area contributed by atoms with E-state index in [1.165, 1.54) is 12.5 Å². The molecule has 4 nitrogen and oxygen atoms in total. The summed E-state index contributed by atoms with van der Waals surface area (Å²) < 4.78 is 4.98. The van der Waals surface area contributed by atoms with Crippen LogP contribution in [0.3, 0.4) is 0 Å². The Morgan fingerprint density at radius 2 is 2.09 bits per heavy atom. The number of rotatable bonds is 4. The minimum absolute atomic E-state index is 0.0607. The number of likely N-dealkylation sites (tertiary alicyclic amines) is 1. The smallest absolute Gasteiger partial charge is 0.257 e. The van der Waals surface area contributed by atoms with Crippen LogP contribution in [0.1, 0.15) is 33.6 Å². The molecule has 0 unspecified atom stereocenters. The van der Waals surface area contributed by atoms with E-state index in [1.54, 1.807) is 22.7 Å². The number of thioether (sulfide) groups is 1. The second-order valence-corrected chi connectivity index (χ2v) is 6.51. The van der Waals surface area contributed by atoms with Crippen LogP contribution < -0.4 is 0 Å². The third-order valence-electron chi connectivity index (χ3n) is 4.22. The molecule has 1 aromatic carbocycles. The Balaban J connectivity index is 1.76. The van der Waals surface area contributed by atoms with Crippen molar-refractivity contribution in [3.05, 3.63) is 54.0 Å². The first-order chi connectivity index (χ1) is 11.2. The molecule has 1 amide bonds. The summed E-state index contributed by atoms with van der Waals surface area (Å²) >= 11 is 1.58. The molecule has 1 aliphatic rings. The summed E-state index contributed by atoms with van der Waals surface area (Å²) in [6, 6.07) is 9.35. The van der Waals surface area contributed by atoms with E-state index in [0.29, 0.717) is 18.7 Å². The van der Waals surface area contributed by atoms with Crippen molar-refractivity contribution in [3.63, 3.8) is 0 Å². The molecule has 0 saturated carbocycles. The molecule has 1 fully saturated rings. The first kappa shape index (κ1) is 15.9. The van der Waals surface area contributed by atoms with Crippen LogP contribution in [0.5, 0.6) is 0 Å². The van der Waals surface area contributed by atoms with E-state index >= 15 is 0 Å². The Labute approximate surface area is 139 Å². The van der Waals surface area contributed by atoms with E-state index < -0.39 is 0 Å². The Kier molecular flexibility index (Phi) is 4.86. The number of benzene rings is 1. The summed E-state index contributed by atoms with van der Waals surface area (Å²) in [6.07, 6.45) is 6.60. The predicted octanol–water partition coefficient (Wildman–Crippen LogP) is 3.74. The lowest BCUT2D eigenvalue weighted by Gasteiger charge is -2.32. The van der Waals surface area contributed by atoms with Gasteiger partial charge in [-0.1, -0.05) is 18.2 Å². The van der Waals surface area contributed by atoms with Crippen LogP contribution in [0.4, 0.5) is 0 Å². The highest BCUT2D eigenvalue weighted by Gasteiger charge is 2.30. The molecule has 2 aromatic rings. The molecule has 0 bridgehead atoms. The van der Waals surface area contributed by atoms with E-state index in [4.69, 9.17) is 4.42 Å². The normalized spacial score (nSPS) is 18.0. The lowest BCUT2D eigenvalue weighted by atomic mass is 9.89. The van der Waals surface area contributed by atoms with Gasteiger partial charge in [-0.25, -0.2) is 0 Å². The number of amides is 1. The second-order valence-electron chi connectivity index (χ2n) is 5.67. The van der Waals surface area contributed by atoms with Crippen molar-refractivity contribution in [1.29, 1.82) is 0 Å². The van der Waals surface area contributed by atoms with E-state index in [0.717, 1.165) is 23.3 Å². The topological polar surface area (TPSA) is 50.5 Å². The molecule has 1 atom stereocenters. The Hall–Kier alpha value is -2.01. The van der Waals surface area contributed by atoms with Gasteiger partial charge in [-0.05, 0) is 31.2 Å². The van der Waals surface area contributed by atoms with Crippen molar-refractivity contribution in [1.82, 2.24) is 4.90 Å². The van der Waals surface area contributed by atoms with Gasteiger partial charge < -0.3 is 9.32 Å². The zero-order valence-corrected chi connectivity index (χ0v) is 13.8. The van der Waals surface area contributed by atoms with E-state index in [1.807, 2.05) is 30.5 Å². The third-order valence-corrected chi connectivity index (χ3v) is 5.02. The van der Waals surface area contributed by atoms with Crippen molar-refractivity contribution >= 4 is 23.5 Å². The summed E-state index contributed by atoms with van der Waals surface area (Å²) in [7, 11) is 0. The van der Waals surface area contributed by atoms with Crippen molar-refractivity contribution in [2.45, 2.75) is 17.7 Å². The Bertz CT molecular complexity index is 696. The number of carbonyl (C=O) groups is 2. The summed E-state index contributed by atoms with van der Waals surface area (Å²) in [5.74, 6) is -0.0538. The molecule has 23 heavy (non-hydrogen) atoms. The van der Waals surface area contributed by atoms with Crippen LogP contribution >= 0.6 is 11.8 Å². The minimum atomic E-state index is -0.132. The van der Waals surface area contributed by atoms with Gasteiger partial charge in [0.2, 0.25) is 0 Å². The molecule has 5 heteroatoms. The second kappa shape index (κ2) is 7.04. The Morgan fingerprint density at radius 3 is 2.83 bits per heavy atom. The maximum atomic E-state index is 12.9. The summed E-state index contributed by atoms with van der Waals surface area (Å²) in [5.41, 5.74) is 1.31. The number of furan rings is 1. The Morgan fingerprint density at radius 1 is 1.26 bits per heavy atom. The number of carbonyl (C=O) groups excluding carboxylic acids is 2. The number of Topliss-reactive ketones (excluding diaryl/α,β-unsaturated/α-hetero) is 1. The van der Waals surface area contributed by atoms with E-state index in [-0.39, 0.29) is 17.6 Å². The number of piperidine rings is 1. The molecule has 1 aromatic heterocycles. The van der Waals surface area contributed by atoms with Crippen LogP contribution in [0.15, 0.2) is 52.2 Å². The number of nitrogens with zero attached hydrogens (tertiary/aromatic N) is 1. The standard InChI is InChI=1S/C18H19NO3S/c1-23-16-7-3-2-6-15(16)17(20)13-5-4-9-19(11-13)18(21)14-8-10-22-12-14/h2-3,6-8,10,12-13H,4-5,9,11H2,1H3/t13-/m0/s1. The maximum absolute atomic E-state index is 12.9. The lowest BCUT2D eigenvalue weighted by molar-refractivity contribution is 0.0635. The zero-order chi connectivity index (χ0) is 16.2. The number of hydrogen-bond acceptors (Lipinski definition) is 4. The highest BCUT2D eigenvalue weighted by atomic mass is 32.2. The third kappa shape index (κ3) is 3.34. The van der Waals surface area contributed by atoms with Gasteiger partial charge >= 0.3 is 0 Å². The average Bonchev–Trinajstić information content (AvgIpc) is 3.15. The lowest BCUT2D eigenvalue weighted by Crippen LogP contribution is -2.42. The number of ketones is 1. The van der Waals surface area contributed by atoms with Crippen molar-refractivity contribution in [3.8, 4) is 0 Å². The molecule has 1 aliphatic heterocycles. The van der Waals surface area contributed by atoms with Crippen LogP contribution in [-0.2, 0) is 0 Å². The molecule has 1 saturated heterocycles. The fraction of sp³-hybridized carbons (Fsp3) is 0.333. The quantitative estimate of drug-likeness (QED) is 0.633. The van der Waals surface area contributed by atoms with E-state index in [9.17, 15) is 9.59 Å². The first-order valence-corrected chi connectivity index (χ1v) is 8.92. The van der Waals surface area contributed by atoms with Gasteiger partial charge in [0.15, 0.2) is 5.78 Å². The molecule has 3 rings (SSSR count). The van der Waals surface area contributed by atoms with Crippen LogP contribution in [-0.4, -0.2) is 35.9 Å². The van der Waals surface area contributed by atoms with Gasteiger partial charge in [-0.2, -0.15) is 0 Å². The van der Waals surface area contributed by atoms with E-state index in [2.05, 4.69) is 0 Å². The van der Waals surface area contributed by atoms with Gasteiger partial charge in [-0.3, -0.25) is 9.59 Å². The minimum Gasteiger partial charge on any atom is -0.472 e. The predicted molar refractivity (Wildman–Crippen MR) is 89.9 cm³/mol. The molecule has 0 N–H and O–H groups in total. The van der Waals surface area contributed by atoms with Crippen LogP contribution in [0.25, 0.3) is 0 Å². The van der Waals surface area contributed by atoms with Gasteiger partial charge in [0, 0.05) is 29.5 Å². The van der Waals surface area contributed by atoms with Crippen molar-refractivity contribution < 1.29 is 14.0 Å². The highest BCUT2D eigenvalue weighted by molar-refractivity contribution is 7.98. The van der Waals surface area contributed by atoms with Crippen molar-refractivity contribution in [2.24, 2.45) is 5.92 Å². The van der Waals surface area contributed by atoms with Gasteiger partial charge in [0.25, 0.3) is 5.91 Å². The average molecular weight is 329 g/mol. The molecule has 0 spiro atoms. The summed E-state index contributed by atoms with van der Waals surface area (Å²) in [5, 5.41) is 0. The van der Waals surface area contributed by atoms with Gasteiger partial charge in [0.1, 0.15) is 6.26 Å². The van der Waals surface area contributed by atoms with Crippen molar-refractivity contribution in [2.75, 3.05) is 19.3 Å². The van der Waals surface area contributed by atoms with Gasteiger partial charge in [0.05, 0.1) is 11.8 Å². The fourth-order valence-corrected chi connectivity index (χ4v) is 3.62. The SMILES string of the molecule is CSc1ccccc1C(=O)[C@H]1CCCN(C(=O)c2ccoc2)C1. The molecule has 0 radical (unpaired) electrons. The zero-order valence-electron chi connectivity index (χ0n) is 13.0. The first-order valence-electron chi connectivity index (χ1n) is 7.69.